The zero-order valence-corrected chi connectivity index (χ0v) is 13.0. The van der Waals surface area contributed by atoms with Gasteiger partial charge in [-0.15, -0.1) is 0 Å². The minimum absolute atomic E-state index is 0.375. The lowest BCUT2D eigenvalue weighted by atomic mass is 10.2. The van der Waals surface area contributed by atoms with Gasteiger partial charge >= 0.3 is 5.97 Å². The third-order valence-corrected chi connectivity index (χ3v) is 3.13. The second-order valence-corrected chi connectivity index (χ2v) is 4.62. The SMILES string of the molecule is CNc1ccccc1C(=O)OCC(=O)Nc1ccccc1OC. The predicted octanol–water partition coefficient (Wildman–Crippen LogP) is 2.53. The summed E-state index contributed by atoms with van der Waals surface area (Å²) in [6.45, 7) is -0.380. The minimum Gasteiger partial charge on any atom is -0.495 e. The quantitative estimate of drug-likeness (QED) is 0.801. The third kappa shape index (κ3) is 4.23. The molecule has 1 amide bonds. The van der Waals surface area contributed by atoms with E-state index in [1.807, 2.05) is 0 Å². The predicted molar refractivity (Wildman–Crippen MR) is 87.9 cm³/mol. The van der Waals surface area contributed by atoms with Crippen LogP contribution in [-0.4, -0.2) is 32.6 Å². The maximum Gasteiger partial charge on any atom is 0.340 e. The second kappa shape index (κ2) is 7.84. The van der Waals surface area contributed by atoms with E-state index in [4.69, 9.17) is 9.47 Å². The standard InChI is InChI=1S/C17H18N2O4/c1-18-13-8-4-3-7-12(13)17(21)23-11-16(20)19-14-9-5-6-10-15(14)22-2/h3-10,18H,11H2,1-2H3,(H,19,20). The van der Waals surface area contributed by atoms with Crippen LogP contribution in [0.1, 0.15) is 10.4 Å². The summed E-state index contributed by atoms with van der Waals surface area (Å²) >= 11 is 0. The van der Waals surface area contributed by atoms with Gasteiger partial charge in [-0.2, -0.15) is 0 Å². The summed E-state index contributed by atoms with van der Waals surface area (Å²) in [6, 6.07) is 13.9. The lowest BCUT2D eigenvalue weighted by Crippen LogP contribution is -2.21. The first-order valence-corrected chi connectivity index (χ1v) is 7.02. The maximum absolute atomic E-state index is 12.0. The molecule has 0 aromatic heterocycles. The van der Waals surface area contributed by atoms with Crippen molar-refractivity contribution in [2.75, 3.05) is 31.4 Å². The van der Waals surface area contributed by atoms with Gasteiger partial charge in [-0.05, 0) is 24.3 Å². The number of carbonyl (C=O) groups excluding carboxylic acids is 2. The van der Waals surface area contributed by atoms with Crippen molar-refractivity contribution in [3.05, 3.63) is 54.1 Å². The van der Waals surface area contributed by atoms with Crippen molar-refractivity contribution in [2.24, 2.45) is 0 Å². The number of esters is 1. The van der Waals surface area contributed by atoms with Gasteiger partial charge in [0.05, 0.1) is 18.4 Å². The summed E-state index contributed by atoms with van der Waals surface area (Å²) in [5.74, 6) is -0.470. The molecule has 23 heavy (non-hydrogen) atoms. The Bertz CT molecular complexity index is 700. The number of para-hydroxylation sites is 3. The fourth-order valence-electron chi connectivity index (χ4n) is 2.02. The zero-order chi connectivity index (χ0) is 16.7. The van der Waals surface area contributed by atoms with Crippen molar-refractivity contribution >= 4 is 23.3 Å². The van der Waals surface area contributed by atoms with Crippen LogP contribution in [0.15, 0.2) is 48.5 Å². The number of benzene rings is 2. The number of rotatable bonds is 6. The number of methoxy groups -OCH3 is 1. The fraction of sp³-hybridized carbons (Fsp3) is 0.176. The molecule has 0 radical (unpaired) electrons. The van der Waals surface area contributed by atoms with Crippen LogP contribution in [0, 0.1) is 0 Å². The van der Waals surface area contributed by atoms with Crippen LogP contribution in [0.3, 0.4) is 0 Å². The van der Waals surface area contributed by atoms with E-state index in [0.29, 0.717) is 22.7 Å². The minimum atomic E-state index is -0.565. The van der Waals surface area contributed by atoms with Gasteiger partial charge in [-0.25, -0.2) is 4.79 Å². The average molecular weight is 314 g/mol. The Morgan fingerprint density at radius 2 is 1.65 bits per heavy atom. The fourth-order valence-corrected chi connectivity index (χ4v) is 2.02. The molecule has 2 rings (SSSR count). The highest BCUT2D eigenvalue weighted by Crippen LogP contribution is 2.22. The summed E-state index contributed by atoms with van der Waals surface area (Å²) in [6.07, 6.45) is 0. The number of carbonyl (C=O) groups is 2. The van der Waals surface area contributed by atoms with E-state index < -0.39 is 11.9 Å². The third-order valence-electron chi connectivity index (χ3n) is 3.13. The average Bonchev–Trinajstić information content (AvgIpc) is 2.60. The highest BCUT2D eigenvalue weighted by Gasteiger charge is 2.14. The van der Waals surface area contributed by atoms with Crippen molar-refractivity contribution in [2.45, 2.75) is 0 Å². The van der Waals surface area contributed by atoms with Gasteiger partial charge in [0.15, 0.2) is 6.61 Å². The molecule has 6 heteroatoms. The molecule has 6 nitrogen and oxygen atoms in total. The van der Waals surface area contributed by atoms with E-state index in [2.05, 4.69) is 10.6 Å². The smallest absolute Gasteiger partial charge is 0.340 e. The number of amides is 1. The number of anilines is 2. The van der Waals surface area contributed by atoms with Crippen LogP contribution in [-0.2, 0) is 9.53 Å². The van der Waals surface area contributed by atoms with Crippen molar-refractivity contribution in [3.63, 3.8) is 0 Å². The molecule has 0 saturated carbocycles. The van der Waals surface area contributed by atoms with Crippen LogP contribution in [0.4, 0.5) is 11.4 Å². The van der Waals surface area contributed by atoms with Crippen molar-refractivity contribution in [1.29, 1.82) is 0 Å². The molecule has 0 aliphatic heterocycles. The van der Waals surface area contributed by atoms with Crippen LogP contribution >= 0.6 is 0 Å². The van der Waals surface area contributed by atoms with Crippen LogP contribution in [0.5, 0.6) is 5.75 Å². The zero-order valence-electron chi connectivity index (χ0n) is 13.0. The van der Waals surface area contributed by atoms with E-state index in [0.717, 1.165) is 0 Å². The largest absolute Gasteiger partial charge is 0.495 e. The molecule has 2 aromatic rings. The normalized spacial score (nSPS) is 9.83. The molecule has 0 heterocycles. The number of nitrogens with one attached hydrogen (secondary N) is 2. The van der Waals surface area contributed by atoms with Gasteiger partial charge in [0.1, 0.15) is 5.75 Å². The lowest BCUT2D eigenvalue weighted by Gasteiger charge is -2.11. The Kier molecular flexibility index (Phi) is 5.57. The molecule has 0 atom stereocenters. The molecule has 2 N–H and O–H groups in total. The summed E-state index contributed by atoms with van der Waals surface area (Å²) < 4.78 is 10.2. The number of hydrogen-bond donors (Lipinski definition) is 2. The van der Waals surface area contributed by atoms with E-state index >= 15 is 0 Å². The van der Waals surface area contributed by atoms with Gasteiger partial charge in [0.25, 0.3) is 5.91 Å². The Morgan fingerprint density at radius 1 is 1.00 bits per heavy atom. The number of hydrogen-bond acceptors (Lipinski definition) is 5. The molecular weight excluding hydrogens is 296 g/mol. The Balaban J connectivity index is 1.95. The molecule has 0 saturated heterocycles. The topological polar surface area (TPSA) is 76.7 Å². The van der Waals surface area contributed by atoms with Gasteiger partial charge < -0.3 is 20.1 Å². The molecule has 0 spiro atoms. The van der Waals surface area contributed by atoms with E-state index in [-0.39, 0.29) is 6.61 Å². The van der Waals surface area contributed by atoms with E-state index in [9.17, 15) is 9.59 Å². The van der Waals surface area contributed by atoms with Crippen molar-refractivity contribution < 1.29 is 19.1 Å². The highest BCUT2D eigenvalue weighted by molar-refractivity contribution is 5.98. The molecule has 2 aromatic carbocycles. The first-order valence-electron chi connectivity index (χ1n) is 7.02. The molecule has 0 aliphatic rings. The molecular formula is C17H18N2O4. The molecule has 0 aliphatic carbocycles. The van der Waals surface area contributed by atoms with Crippen molar-refractivity contribution in [1.82, 2.24) is 0 Å². The van der Waals surface area contributed by atoms with E-state index in [1.165, 1.54) is 7.11 Å². The molecule has 0 fully saturated rings. The van der Waals surface area contributed by atoms with Gasteiger partial charge in [-0.1, -0.05) is 24.3 Å². The van der Waals surface area contributed by atoms with Gasteiger partial charge in [0.2, 0.25) is 0 Å². The summed E-state index contributed by atoms with van der Waals surface area (Å²) in [5.41, 5.74) is 1.54. The number of ether oxygens (including phenoxy) is 2. The lowest BCUT2D eigenvalue weighted by molar-refractivity contribution is -0.119. The van der Waals surface area contributed by atoms with E-state index in [1.54, 1.807) is 55.6 Å². The molecule has 0 unspecified atom stereocenters. The monoisotopic (exact) mass is 314 g/mol. The van der Waals surface area contributed by atoms with Gasteiger partial charge in [0, 0.05) is 12.7 Å². The van der Waals surface area contributed by atoms with Crippen molar-refractivity contribution in [3.8, 4) is 5.75 Å². The molecule has 0 bridgehead atoms. The first kappa shape index (κ1) is 16.4. The summed E-state index contributed by atoms with van der Waals surface area (Å²) in [5, 5.41) is 5.54. The molecule has 120 valence electrons. The van der Waals surface area contributed by atoms with Crippen LogP contribution in [0.2, 0.25) is 0 Å². The maximum atomic E-state index is 12.0. The Morgan fingerprint density at radius 3 is 2.35 bits per heavy atom. The van der Waals surface area contributed by atoms with Crippen LogP contribution < -0.4 is 15.4 Å². The van der Waals surface area contributed by atoms with Gasteiger partial charge in [-0.3, -0.25) is 4.79 Å². The second-order valence-electron chi connectivity index (χ2n) is 4.62. The first-order chi connectivity index (χ1) is 11.2. The highest BCUT2D eigenvalue weighted by atomic mass is 16.5. The Labute approximate surface area is 134 Å². The van der Waals surface area contributed by atoms with Crippen LogP contribution in [0.25, 0.3) is 0 Å². The summed E-state index contributed by atoms with van der Waals surface area (Å²) in [4.78, 5) is 23.9. The summed E-state index contributed by atoms with van der Waals surface area (Å²) in [7, 11) is 3.22. The Hall–Kier alpha value is -3.02.